The largest absolute Gasteiger partial charge is 0.352 e. The Hall–Kier alpha value is -0.660. The molecule has 0 radical (unpaired) electrons. The quantitative estimate of drug-likeness (QED) is 0.743. The molecule has 0 spiro atoms. The van der Waals surface area contributed by atoms with Crippen molar-refractivity contribution >= 4 is 15.9 Å². The van der Waals surface area contributed by atoms with Crippen LogP contribution in [0.15, 0.2) is 0 Å². The van der Waals surface area contributed by atoms with Crippen molar-refractivity contribution in [2.45, 2.75) is 44.7 Å². The van der Waals surface area contributed by atoms with Gasteiger partial charge in [-0.15, -0.1) is 0 Å². The molecule has 2 rings (SSSR count). The van der Waals surface area contributed by atoms with E-state index in [2.05, 4.69) is 10.6 Å². The van der Waals surface area contributed by atoms with Crippen LogP contribution in [-0.2, 0) is 14.8 Å². The van der Waals surface area contributed by atoms with Gasteiger partial charge in [-0.2, -0.15) is 0 Å². The van der Waals surface area contributed by atoms with E-state index in [1.54, 1.807) is 6.92 Å². The fourth-order valence-corrected chi connectivity index (χ4v) is 3.80. The van der Waals surface area contributed by atoms with Crippen LogP contribution in [0.25, 0.3) is 0 Å². The number of amides is 1. The number of nitrogens with one attached hydrogen (secondary N) is 2. The fourth-order valence-electron chi connectivity index (χ4n) is 2.67. The molecule has 19 heavy (non-hydrogen) atoms. The third-order valence-corrected chi connectivity index (χ3v) is 5.82. The minimum Gasteiger partial charge on any atom is -0.352 e. The van der Waals surface area contributed by atoms with Crippen molar-refractivity contribution in [2.24, 2.45) is 0 Å². The monoisotopic (exact) mass is 289 g/mol. The summed E-state index contributed by atoms with van der Waals surface area (Å²) in [6, 6.07) is 0.0515. The molecule has 2 fully saturated rings. The average Bonchev–Trinajstić information content (AvgIpc) is 2.93. The molecule has 0 aromatic heterocycles. The highest BCUT2D eigenvalue weighted by atomic mass is 32.2. The summed E-state index contributed by atoms with van der Waals surface area (Å²) >= 11 is 0. The van der Waals surface area contributed by atoms with Crippen LogP contribution in [0.5, 0.6) is 0 Å². The highest BCUT2D eigenvalue weighted by molar-refractivity contribution is 7.89. The Labute approximate surface area is 115 Å². The van der Waals surface area contributed by atoms with Gasteiger partial charge in [0.25, 0.3) is 0 Å². The van der Waals surface area contributed by atoms with Gasteiger partial charge in [0.1, 0.15) is 0 Å². The molecule has 2 N–H and O–H groups in total. The summed E-state index contributed by atoms with van der Waals surface area (Å²) in [7, 11) is -3.08. The Bertz CT molecular complexity index is 410. The van der Waals surface area contributed by atoms with Crippen molar-refractivity contribution in [3.05, 3.63) is 0 Å². The van der Waals surface area contributed by atoms with Crippen LogP contribution < -0.4 is 10.6 Å². The predicted octanol–water partition coefficient (Wildman–Crippen LogP) is -0.331. The number of nitrogens with zero attached hydrogens (tertiary/aromatic N) is 1. The van der Waals surface area contributed by atoms with Gasteiger partial charge in [0.15, 0.2) is 0 Å². The van der Waals surface area contributed by atoms with Crippen LogP contribution >= 0.6 is 0 Å². The van der Waals surface area contributed by atoms with Crippen molar-refractivity contribution in [1.29, 1.82) is 0 Å². The first-order valence-electron chi connectivity index (χ1n) is 7.04. The minimum absolute atomic E-state index is 0.0580. The molecule has 0 aromatic rings. The van der Waals surface area contributed by atoms with Crippen LogP contribution in [0.1, 0.15) is 32.6 Å². The first-order valence-corrected chi connectivity index (χ1v) is 8.65. The molecule has 0 aromatic carbocycles. The predicted molar refractivity (Wildman–Crippen MR) is 73.2 cm³/mol. The molecule has 110 valence electrons. The molecule has 1 atom stereocenters. The number of carbonyl (C=O) groups is 1. The number of hydrogen-bond donors (Lipinski definition) is 2. The Morgan fingerprint density at radius 3 is 2.53 bits per heavy atom. The van der Waals surface area contributed by atoms with Gasteiger partial charge in [-0.05, 0) is 39.2 Å². The van der Waals surface area contributed by atoms with E-state index in [0.29, 0.717) is 25.9 Å². The Morgan fingerprint density at radius 2 is 2.00 bits per heavy atom. The summed E-state index contributed by atoms with van der Waals surface area (Å²) in [5.74, 6) is 0.213. The molecule has 2 heterocycles. The van der Waals surface area contributed by atoms with Crippen molar-refractivity contribution < 1.29 is 13.2 Å². The van der Waals surface area contributed by atoms with Gasteiger partial charge >= 0.3 is 0 Å². The maximum absolute atomic E-state index is 11.9. The molecule has 6 nitrogen and oxygen atoms in total. The van der Waals surface area contributed by atoms with Crippen LogP contribution in [-0.4, -0.2) is 56.1 Å². The molecule has 2 aliphatic heterocycles. The number of carbonyl (C=O) groups excluding carboxylic acids is 1. The highest BCUT2D eigenvalue weighted by Crippen LogP contribution is 2.15. The molecule has 2 saturated heterocycles. The van der Waals surface area contributed by atoms with Gasteiger partial charge in [0.05, 0.1) is 11.8 Å². The van der Waals surface area contributed by atoms with Crippen LogP contribution in [0.4, 0.5) is 0 Å². The lowest BCUT2D eigenvalue weighted by Gasteiger charge is -2.31. The maximum Gasteiger partial charge on any atom is 0.237 e. The topological polar surface area (TPSA) is 78.5 Å². The average molecular weight is 289 g/mol. The zero-order chi connectivity index (χ0) is 13.9. The second kappa shape index (κ2) is 6.19. The molecule has 2 aliphatic rings. The van der Waals surface area contributed by atoms with Crippen LogP contribution in [0, 0.1) is 0 Å². The summed E-state index contributed by atoms with van der Waals surface area (Å²) < 4.78 is 25.0. The molecule has 0 saturated carbocycles. The number of hydrogen-bond acceptors (Lipinski definition) is 4. The van der Waals surface area contributed by atoms with E-state index in [-0.39, 0.29) is 23.7 Å². The second-order valence-corrected chi connectivity index (χ2v) is 7.49. The van der Waals surface area contributed by atoms with E-state index in [1.807, 2.05) is 0 Å². The highest BCUT2D eigenvalue weighted by Gasteiger charge is 2.29. The third kappa shape index (κ3) is 3.67. The molecule has 0 unspecified atom stereocenters. The lowest BCUT2D eigenvalue weighted by molar-refractivity contribution is -0.123. The molecular formula is C12H23N3O3S. The third-order valence-electron chi connectivity index (χ3n) is 3.94. The lowest BCUT2D eigenvalue weighted by atomic mass is 10.1. The Kier molecular flexibility index (Phi) is 4.81. The summed E-state index contributed by atoms with van der Waals surface area (Å²) in [5, 5.41) is 6.20. The van der Waals surface area contributed by atoms with Gasteiger partial charge in [0, 0.05) is 19.1 Å². The van der Waals surface area contributed by atoms with E-state index in [4.69, 9.17) is 0 Å². The van der Waals surface area contributed by atoms with Crippen molar-refractivity contribution in [3.8, 4) is 0 Å². The molecule has 0 aliphatic carbocycles. The van der Waals surface area contributed by atoms with Gasteiger partial charge in [-0.3, -0.25) is 4.79 Å². The SMILES string of the molecule is CCS(=O)(=O)N1CCC(NC(=O)[C@@H]2CCCN2)CC1. The molecule has 0 bridgehead atoms. The van der Waals surface area contributed by atoms with Crippen molar-refractivity contribution in [2.75, 3.05) is 25.4 Å². The number of sulfonamides is 1. The molecular weight excluding hydrogens is 266 g/mol. The first kappa shape index (κ1) is 14.7. The Morgan fingerprint density at radius 1 is 1.32 bits per heavy atom. The smallest absolute Gasteiger partial charge is 0.237 e. The van der Waals surface area contributed by atoms with Crippen molar-refractivity contribution in [3.63, 3.8) is 0 Å². The van der Waals surface area contributed by atoms with Crippen LogP contribution in [0.3, 0.4) is 0 Å². The fraction of sp³-hybridized carbons (Fsp3) is 0.917. The normalized spacial score (nSPS) is 26.5. The molecule has 1 amide bonds. The Balaban J connectivity index is 1.78. The molecule has 7 heteroatoms. The summed E-state index contributed by atoms with van der Waals surface area (Å²) in [5.41, 5.74) is 0. The van der Waals surface area contributed by atoms with E-state index in [1.165, 1.54) is 4.31 Å². The van der Waals surface area contributed by atoms with E-state index >= 15 is 0 Å². The second-order valence-electron chi connectivity index (χ2n) is 5.23. The van der Waals surface area contributed by atoms with Gasteiger partial charge in [0.2, 0.25) is 15.9 Å². The number of rotatable bonds is 4. The van der Waals surface area contributed by atoms with Gasteiger partial charge < -0.3 is 10.6 Å². The summed E-state index contributed by atoms with van der Waals surface area (Å²) in [6.45, 7) is 3.60. The maximum atomic E-state index is 11.9. The minimum atomic E-state index is -3.08. The lowest BCUT2D eigenvalue weighted by Crippen LogP contribution is -2.50. The first-order chi connectivity index (χ1) is 9.03. The van der Waals surface area contributed by atoms with Crippen LogP contribution in [0.2, 0.25) is 0 Å². The summed E-state index contributed by atoms with van der Waals surface area (Å²) in [4.78, 5) is 11.9. The van der Waals surface area contributed by atoms with E-state index < -0.39 is 10.0 Å². The standard InChI is InChI=1S/C12H23N3O3S/c1-2-19(17,18)15-8-5-10(6-9-15)14-12(16)11-4-3-7-13-11/h10-11,13H,2-9H2,1H3,(H,14,16)/t11-/m0/s1. The zero-order valence-corrected chi connectivity index (χ0v) is 12.2. The van der Waals surface area contributed by atoms with Gasteiger partial charge in [-0.25, -0.2) is 12.7 Å². The van der Waals surface area contributed by atoms with E-state index in [0.717, 1.165) is 19.4 Å². The van der Waals surface area contributed by atoms with Crippen molar-refractivity contribution in [1.82, 2.24) is 14.9 Å². The van der Waals surface area contributed by atoms with E-state index in [9.17, 15) is 13.2 Å². The zero-order valence-electron chi connectivity index (χ0n) is 11.4. The summed E-state index contributed by atoms with van der Waals surface area (Å²) in [6.07, 6.45) is 3.36. The number of piperidine rings is 1. The van der Waals surface area contributed by atoms with Gasteiger partial charge in [-0.1, -0.05) is 0 Å².